The fourth-order valence-electron chi connectivity index (χ4n) is 7.41. The van der Waals surface area contributed by atoms with E-state index in [0.717, 1.165) is 25.0 Å². The smallest absolute Gasteiger partial charge is 0.252 e. The van der Waals surface area contributed by atoms with E-state index in [1.54, 1.807) is 25.3 Å². The zero-order valence-electron chi connectivity index (χ0n) is 22.0. The topological polar surface area (TPSA) is 99.9 Å². The number of rotatable bonds is 8. The van der Waals surface area contributed by atoms with Crippen molar-refractivity contribution >= 4 is 17.5 Å². The van der Waals surface area contributed by atoms with Crippen molar-refractivity contribution < 1.29 is 23.8 Å². The Bertz CT molecular complexity index is 1180. The van der Waals surface area contributed by atoms with Crippen LogP contribution >= 0.6 is 0 Å². The highest BCUT2D eigenvalue weighted by Gasteiger charge is 2.55. The van der Waals surface area contributed by atoms with Gasteiger partial charge in [0, 0.05) is 5.69 Å². The minimum Gasteiger partial charge on any atom is -0.497 e. The van der Waals surface area contributed by atoms with Gasteiger partial charge in [0.15, 0.2) is 0 Å². The quantitative estimate of drug-likeness (QED) is 0.521. The average molecular weight is 507 g/mol. The summed E-state index contributed by atoms with van der Waals surface area (Å²) >= 11 is 0. The molecule has 0 heterocycles. The third kappa shape index (κ3) is 4.81. The maximum atomic E-state index is 12.6. The van der Waals surface area contributed by atoms with E-state index >= 15 is 0 Å². The Morgan fingerprint density at radius 1 is 1.05 bits per heavy atom. The third-order valence-corrected chi connectivity index (χ3v) is 9.24. The molecular weight excluding hydrogens is 468 g/mol. The van der Waals surface area contributed by atoms with Gasteiger partial charge in [0.2, 0.25) is 5.91 Å². The second kappa shape index (κ2) is 10.4. The number of hydrogen-bond donors (Lipinski definition) is 2. The minimum absolute atomic E-state index is 0.150. The predicted octanol–water partition coefficient (Wildman–Crippen LogP) is 5.07. The van der Waals surface area contributed by atoms with Gasteiger partial charge in [-0.15, -0.1) is 0 Å². The number of anilines is 1. The zero-order chi connectivity index (χ0) is 26.2. The maximum absolute atomic E-state index is 12.6. The molecule has 3 aliphatic carbocycles. The summed E-state index contributed by atoms with van der Waals surface area (Å²) in [5, 5.41) is 2.84. The summed E-state index contributed by atoms with van der Waals surface area (Å²) in [4.78, 5) is 24.2. The van der Waals surface area contributed by atoms with E-state index < -0.39 is 5.91 Å². The Hall–Kier alpha value is -3.06. The van der Waals surface area contributed by atoms with Crippen LogP contribution in [0, 0.1) is 17.3 Å². The van der Waals surface area contributed by atoms with Crippen LogP contribution in [0.25, 0.3) is 0 Å². The van der Waals surface area contributed by atoms with E-state index in [2.05, 4.69) is 30.4 Å². The Labute approximate surface area is 219 Å². The van der Waals surface area contributed by atoms with Crippen molar-refractivity contribution in [3.05, 3.63) is 53.1 Å². The highest BCUT2D eigenvalue weighted by Crippen LogP contribution is 2.61. The van der Waals surface area contributed by atoms with Crippen molar-refractivity contribution in [2.24, 2.45) is 23.0 Å². The summed E-state index contributed by atoms with van der Waals surface area (Å²) in [5.41, 5.74) is 9.32. The lowest BCUT2D eigenvalue weighted by Gasteiger charge is -2.50. The summed E-state index contributed by atoms with van der Waals surface area (Å²) < 4.78 is 17.0. The van der Waals surface area contributed by atoms with E-state index in [9.17, 15) is 9.59 Å². The van der Waals surface area contributed by atoms with Crippen molar-refractivity contribution in [2.45, 2.75) is 63.9 Å². The Balaban J connectivity index is 1.17. The molecule has 2 amide bonds. The van der Waals surface area contributed by atoms with Crippen LogP contribution in [-0.4, -0.2) is 38.7 Å². The van der Waals surface area contributed by atoms with Gasteiger partial charge < -0.3 is 25.3 Å². The molecule has 2 fully saturated rings. The molecule has 0 aromatic heterocycles. The molecule has 3 aliphatic rings. The Kier molecular flexibility index (Phi) is 7.17. The van der Waals surface area contributed by atoms with Crippen LogP contribution in [0.5, 0.6) is 11.5 Å². The van der Waals surface area contributed by atoms with Gasteiger partial charge in [-0.05, 0) is 103 Å². The molecule has 5 rings (SSSR count). The van der Waals surface area contributed by atoms with Crippen molar-refractivity contribution in [2.75, 3.05) is 26.1 Å². The van der Waals surface area contributed by atoms with Crippen molar-refractivity contribution in [1.29, 1.82) is 0 Å². The number of primary amides is 1. The number of methoxy groups -OCH3 is 2. The van der Waals surface area contributed by atoms with Crippen LogP contribution in [-0.2, 0) is 16.0 Å². The van der Waals surface area contributed by atoms with E-state index in [1.807, 2.05) is 0 Å². The van der Waals surface area contributed by atoms with Crippen molar-refractivity contribution in [3.63, 3.8) is 0 Å². The van der Waals surface area contributed by atoms with Crippen molar-refractivity contribution in [1.82, 2.24) is 0 Å². The molecule has 2 aromatic rings. The lowest BCUT2D eigenvalue weighted by Crippen LogP contribution is -2.44. The van der Waals surface area contributed by atoms with Gasteiger partial charge in [0.1, 0.15) is 11.5 Å². The average Bonchev–Trinajstić information content (AvgIpc) is 3.24. The van der Waals surface area contributed by atoms with Crippen LogP contribution in [0.4, 0.5) is 5.69 Å². The Morgan fingerprint density at radius 2 is 1.89 bits per heavy atom. The number of ether oxygens (including phenoxy) is 3. The number of nitrogens with two attached hydrogens (primary N) is 1. The largest absolute Gasteiger partial charge is 0.497 e. The van der Waals surface area contributed by atoms with Gasteiger partial charge in [0.25, 0.3) is 5.91 Å². The molecule has 7 heteroatoms. The summed E-state index contributed by atoms with van der Waals surface area (Å²) in [5.74, 6) is 2.58. The van der Waals surface area contributed by atoms with E-state index in [-0.39, 0.29) is 29.4 Å². The molecule has 0 bridgehead atoms. The molecule has 3 N–H and O–H groups in total. The molecule has 0 spiro atoms. The number of carbonyl (C=O) groups is 2. The molecule has 0 saturated heterocycles. The van der Waals surface area contributed by atoms with E-state index in [4.69, 9.17) is 19.9 Å². The van der Waals surface area contributed by atoms with Crippen LogP contribution in [0.3, 0.4) is 0 Å². The maximum Gasteiger partial charge on any atom is 0.252 e. The highest BCUT2D eigenvalue weighted by molar-refractivity contribution is 5.98. The van der Waals surface area contributed by atoms with E-state index in [0.29, 0.717) is 35.8 Å². The lowest BCUT2D eigenvalue weighted by molar-refractivity contribution is -0.119. The molecule has 198 valence electrons. The summed E-state index contributed by atoms with van der Waals surface area (Å²) in [6.45, 7) is 2.80. The monoisotopic (exact) mass is 506 g/mol. The number of carbonyl (C=O) groups excluding carboxylic acids is 2. The highest BCUT2D eigenvalue weighted by atomic mass is 16.5. The third-order valence-electron chi connectivity index (χ3n) is 9.24. The number of amides is 2. The van der Waals surface area contributed by atoms with Crippen LogP contribution in [0.2, 0.25) is 0 Å². The molecule has 2 saturated carbocycles. The van der Waals surface area contributed by atoms with Crippen LogP contribution in [0.15, 0.2) is 36.4 Å². The number of hydrogen-bond acceptors (Lipinski definition) is 5. The molecule has 5 atom stereocenters. The number of benzene rings is 2. The first-order valence-corrected chi connectivity index (χ1v) is 13.4. The predicted molar refractivity (Wildman–Crippen MR) is 142 cm³/mol. The second-order valence-electron chi connectivity index (χ2n) is 11.0. The normalized spacial score (nSPS) is 28.0. The van der Waals surface area contributed by atoms with Gasteiger partial charge in [-0.2, -0.15) is 0 Å². The molecule has 37 heavy (non-hydrogen) atoms. The molecule has 0 aliphatic heterocycles. The number of aryl methyl sites for hydroxylation is 1. The summed E-state index contributed by atoms with van der Waals surface area (Å²) in [7, 11) is 3.21. The first-order chi connectivity index (χ1) is 17.8. The standard InChI is InChI=1S/C30H38N2O5/c1-30-14-12-22-21-8-6-20(35-2)16-18(21)4-7-23(22)25(30)9-11-27(30)37-15-13-28(33)32-19-5-10-26(36-3)24(17-19)29(31)34/h5-6,8,10,16-17,22-23,25,27H,4,7,9,11-15H2,1-3H3,(H2,31,34)(H,32,33). The number of nitrogens with one attached hydrogen (secondary N) is 1. The molecular formula is C30H38N2O5. The summed E-state index contributed by atoms with van der Waals surface area (Å²) in [6, 6.07) is 11.5. The molecule has 0 radical (unpaired) electrons. The van der Waals surface area contributed by atoms with Gasteiger partial charge >= 0.3 is 0 Å². The van der Waals surface area contributed by atoms with Gasteiger partial charge in [-0.1, -0.05) is 13.0 Å². The first kappa shape index (κ1) is 25.6. The minimum atomic E-state index is -0.601. The van der Waals surface area contributed by atoms with E-state index in [1.165, 1.54) is 37.5 Å². The number of fused-ring (bicyclic) bond motifs is 5. The zero-order valence-corrected chi connectivity index (χ0v) is 22.0. The summed E-state index contributed by atoms with van der Waals surface area (Å²) in [6.07, 6.45) is 7.40. The van der Waals surface area contributed by atoms with Crippen LogP contribution in [0.1, 0.15) is 72.9 Å². The fraction of sp³-hybridized carbons (Fsp3) is 0.533. The van der Waals surface area contributed by atoms with Gasteiger partial charge in [-0.3, -0.25) is 9.59 Å². The molecule has 2 aromatic carbocycles. The molecule has 7 nitrogen and oxygen atoms in total. The van der Waals surface area contributed by atoms with Crippen LogP contribution < -0.4 is 20.5 Å². The van der Waals surface area contributed by atoms with Gasteiger partial charge in [-0.25, -0.2) is 0 Å². The Morgan fingerprint density at radius 3 is 2.65 bits per heavy atom. The second-order valence-corrected chi connectivity index (χ2v) is 11.0. The SMILES string of the molecule is COc1ccc2c(c1)CCC1C2CCC2(C)C(OCCC(=O)Nc3ccc(OC)c(C(N)=O)c3)CCC12. The van der Waals surface area contributed by atoms with Crippen molar-refractivity contribution in [3.8, 4) is 11.5 Å². The fourth-order valence-corrected chi connectivity index (χ4v) is 7.41. The first-order valence-electron chi connectivity index (χ1n) is 13.4. The van der Waals surface area contributed by atoms with Gasteiger partial charge in [0.05, 0.1) is 38.9 Å². The molecule has 5 unspecified atom stereocenters. The lowest BCUT2D eigenvalue weighted by atomic mass is 9.55.